The fourth-order valence-electron chi connectivity index (χ4n) is 3.02. The Hall–Kier alpha value is -2.86. The number of fused-ring (bicyclic) bond motifs is 1. The van der Waals surface area contributed by atoms with E-state index in [4.69, 9.17) is 0 Å². The molecule has 5 nitrogen and oxygen atoms in total. The Morgan fingerprint density at radius 1 is 0.885 bits per heavy atom. The normalized spacial score (nSPS) is 11.0. The summed E-state index contributed by atoms with van der Waals surface area (Å²) in [5.74, 6) is 0.904. The van der Waals surface area contributed by atoms with Crippen molar-refractivity contribution in [3.05, 3.63) is 78.1 Å². The number of rotatable bonds is 6. The second-order valence-corrected chi connectivity index (χ2v) is 6.78. The van der Waals surface area contributed by atoms with Gasteiger partial charge in [0.15, 0.2) is 5.65 Å². The lowest BCUT2D eigenvalue weighted by atomic mass is 10.1. The smallest absolute Gasteiger partial charge is 0.161 e. The van der Waals surface area contributed by atoms with Gasteiger partial charge < -0.3 is 4.90 Å². The topological polar surface area (TPSA) is 57.7 Å². The molecule has 1 N–H and O–H groups in total. The van der Waals surface area contributed by atoms with Crippen molar-refractivity contribution < 1.29 is 0 Å². The highest BCUT2D eigenvalue weighted by molar-refractivity contribution is 7.98. The zero-order valence-electron chi connectivity index (χ0n) is 14.5. The highest BCUT2D eigenvalue weighted by Gasteiger charge is 2.18. The largest absolute Gasteiger partial charge is 0.347 e. The van der Waals surface area contributed by atoms with Gasteiger partial charge >= 0.3 is 0 Å². The van der Waals surface area contributed by atoms with Crippen molar-refractivity contribution >= 4 is 28.6 Å². The van der Waals surface area contributed by atoms with E-state index in [1.54, 1.807) is 18.1 Å². The van der Waals surface area contributed by atoms with Crippen LogP contribution >= 0.6 is 11.8 Å². The average molecular weight is 361 g/mol. The predicted octanol–water partition coefficient (Wildman–Crippen LogP) is 4.28. The van der Waals surface area contributed by atoms with Crippen LogP contribution in [0, 0.1) is 0 Å². The first-order valence-electron chi connectivity index (χ1n) is 8.41. The van der Waals surface area contributed by atoms with Crippen LogP contribution in [0.4, 0.5) is 5.82 Å². The number of thioether (sulfide) groups is 1. The van der Waals surface area contributed by atoms with E-state index < -0.39 is 0 Å². The molecule has 4 rings (SSSR count). The third-order valence-electron chi connectivity index (χ3n) is 4.23. The van der Waals surface area contributed by atoms with Gasteiger partial charge in [0.2, 0.25) is 0 Å². The van der Waals surface area contributed by atoms with Gasteiger partial charge in [-0.05, 0) is 17.4 Å². The lowest BCUT2D eigenvalue weighted by Crippen LogP contribution is -2.23. The molecule has 0 aliphatic carbocycles. The number of H-pyrrole nitrogens is 1. The maximum atomic E-state index is 4.62. The molecular weight excluding hydrogens is 342 g/mol. The van der Waals surface area contributed by atoms with Crippen LogP contribution < -0.4 is 4.90 Å². The minimum absolute atomic E-state index is 0.765. The lowest BCUT2D eigenvalue weighted by Gasteiger charge is -2.24. The van der Waals surface area contributed by atoms with Crippen LogP contribution in [0.3, 0.4) is 0 Å². The number of aromatic nitrogens is 4. The molecule has 0 bridgehead atoms. The van der Waals surface area contributed by atoms with Crippen LogP contribution in [-0.2, 0) is 13.1 Å². The number of anilines is 1. The summed E-state index contributed by atoms with van der Waals surface area (Å²) < 4.78 is 0. The molecule has 2 heterocycles. The fraction of sp³-hybridized carbons (Fsp3) is 0.150. The first-order valence-corrected chi connectivity index (χ1v) is 9.63. The first-order chi connectivity index (χ1) is 12.8. The molecule has 0 unspecified atom stereocenters. The Morgan fingerprint density at radius 2 is 1.50 bits per heavy atom. The molecule has 0 aliphatic rings. The van der Waals surface area contributed by atoms with Crippen molar-refractivity contribution in [1.82, 2.24) is 20.2 Å². The minimum atomic E-state index is 0.765. The maximum absolute atomic E-state index is 4.62. The average Bonchev–Trinajstić information content (AvgIpc) is 3.12. The van der Waals surface area contributed by atoms with Crippen molar-refractivity contribution in [2.24, 2.45) is 0 Å². The molecule has 2 aromatic carbocycles. The molecular formula is C20H19N5S. The maximum Gasteiger partial charge on any atom is 0.161 e. The number of hydrogen-bond acceptors (Lipinski definition) is 5. The van der Waals surface area contributed by atoms with Crippen molar-refractivity contribution in [2.45, 2.75) is 18.1 Å². The van der Waals surface area contributed by atoms with Crippen LogP contribution in [0.15, 0.2) is 72.0 Å². The molecule has 0 atom stereocenters. The molecule has 0 amide bonds. The van der Waals surface area contributed by atoms with Gasteiger partial charge in [0.1, 0.15) is 17.2 Å². The summed E-state index contributed by atoms with van der Waals surface area (Å²) in [6.07, 6.45) is 3.62. The molecule has 4 aromatic rings. The Balaban J connectivity index is 1.78. The Bertz CT molecular complexity index is 943. The molecule has 0 aliphatic heterocycles. The predicted molar refractivity (Wildman–Crippen MR) is 106 cm³/mol. The Kier molecular flexibility index (Phi) is 4.84. The second kappa shape index (κ2) is 7.58. The number of aromatic amines is 1. The number of nitrogens with one attached hydrogen (secondary N) is 1. The van der Waals surface area contributed by atoms with Gasteiger partial charge in [-0.15, -0.1) is 11.8 Å². The van der Waals surface area contributed by atoms with E-state index in [0.717, 1.165) is 35.0 Å². The van der Waals surface area contributed by atoms with Crippen LogP contribution in [0.1, 0.15) is 11.1 Å². The zero-order valence-corrected chi connectivity index (χ0v) is 15.3. The molecule has 0 radical (unpaired) electrons. The Morgan fingerprint density at radius 3 is 2.08 bits per heavy atom. The minimum Gasteiger partial charge on any atom is -0.347 e. The van der Waals surface area contributed by atoms with Gasteiger partial charge in [-0.2, -0.15) is 5.10 Å². The number of nitrogens with zero attached hydrogens (tertiary/aromatic N) is 4. The van der Waals surface area contributed by atoms with Gasteiger partial charge in [-0.25, -0.2) is 9.97 Å². The van der Waals surface area contributed by atoms with E-state index in [0.29, 0.717) is 0 Å². The summed E-state index contributed by atoms with van der Waals surface area (Å²) in [7, 11) is 0. The van der Waals surface area contributed by atoms with Crippen LogP contribution in [0.5, 0.6) is 0 Å². The van der Waals surface area contributed by atoms with Gasteiger partial charge in [0, 0.05) is 13.1 Å². The summed E-state index contributed by atoms with van der Waals surface area (Å²) in [4.78, 5) is 11.2. The first kappa shape index (κ1) is 16.6. The second-order valence-electron chi connectivity index (χ2n) is 5.98. The SMILES string of the molecule is CSc1n[nH]c2ncnc(N(Cc3ccccc3)Cc3ccccc3)c12. The summed E-state index contributed by atoms with van der Waals surface area (Å²) in [6.45, 7) is 1.53. The van der Waals surface area contributed by atoms with Crippen molar-refractivity contribution in [2.75, 3.05) is 11.2 Å². The molecule has 0 saturated carbocycles. The molecule has 2 aromatic heterocycles. The quantitative estimate of drug-likeness (QED) is 0.520. The van der Waals surface area contributed by atoms with Gasteiger partial charge in [-0.3, -0.25) is 5.10 Å². The van der Waals surface area contributed by atoms with Crippen molar-refractivity contribution in [3.63, 3.8) is 0 Å². The van der Waals surface area contributed by atoms with E-state index in [9.17, 15) is 0 Å². The fourth-order valence-corrected chi connectivity index (χ4v) is 3.55. The molecule has 6 heteroatoms. The van der Waals surface area contributed by atoms with Crippen LogP contribution in [0.25, 0.3) is 11.0 Å². The highest BCUT2D eigenvalue weighted by Crippen LogP contribution is 2.31. The molecule has 0 fully saturated rings. The van der Waals surface area contributed by atoms with Gasteiger partial charge in [0.05, 0.1) is 5.39 Å². The van der Waals surface area contributed by atoms with Crippen LogP contribution in [0.2, 0.25) is 0 Å². The van der Waals surface area contributed by atoms with Gasteiger partial charge in [-0.1, -0.05) is 60.7 Å². The summed E-state index contributed by atoms with van der Waals surface area (Å²) in [5, 5.41) is 9.29. The van der Waals surface area contributed by atoms with Crippen molar-refractivity contribution in [3.8, 4) is 0 Å². The summed E-state index contributed by atoms with van der Waals surface area (Å²) >= 11 is 1.60. The Labute approximate surface area is 156 Å². The monoisotopic (exact) mass is 361 g/mol. The summed E-state index contributed by atoms with van der Waals surface area (Å²) in [6, 6.07) is 20.9. The zero-order chi connectivity index (χ0) is 17.8. The van der Waals surface area contributed by atoms with E-state index in [1.165, 1.54) is 11.1 Å². The van der Waals surface area contributed by atoms with E-state index in [-0.39, 0.29) is 0 Å². The van der Waals surface area contributed by atoms with E-state index in [2.05, 4.69) is 73.6 Å². The lowest BCUT2D eigenvalue weighted by molar-refractivity contribution is 0.785. The van der Waals surface area contributed by atoms with Crippen molar-refractivity contribution in [1.29, 1.82) is 0 Å². The molecule has 26 heavy (non-hydrogen) atoms. The molecule has 0 spiro atoms. The van der Waals surface area contributed by atoms with E-state index >= 15 is 0 Å². The highest BCUT2D eigenvalue weighted by atomic mass is 32.2. The number of benzene rings is 2. The third-order valence-corrected chi connectivity index (χ3v) is 4.91. The summed E-state index contributed by atoms with van der Waals surface area (Å²) in [5.41, 5.74) is 3.25. The number of hydrogen-bond donors (Lipinski definition) is 1. The third kappa shape index (κ3) is 3.41. The standard InChI is InChI=1S/C20H19N5S/c1-26-20-17-18(23-24-20)21-14-22-19(17)25(12-15-8-4-2-5-9-15)13-16-10-6-3-7-11-16/h2-11,14H,12-13H2,1H3,(H,21,22,23,24). The molecule has 0 saturated heterocycles. The van der Waals surface area contributed by atoms with Gasteiger partial charge in [0.25, 0.3) is 0 Å². The van der Waals surface area contributed by atoms with E-state index in [1.807, 2.05) is 18.4 Å². The molecule has 130 valence electrons. The van der Waals surface area contributed by atoms with Crippen LogP contribution in [-0.4, -0.2) is 26.4 Å².